The quantitative estimate of drug-likeness (QED) is 0.439. The normalized spacial score (nSPS) is 11.7. The zero-order valence-electron chi connectivity index (χ0n) is 15.0. The fourth-order valence-corrected chi connectivity index (χ4v) is 3.48. The molecule has 4 rings (SSSR count). The molecule has 0 bridgehead atoms. The predicted octanol–water partition coefficient (Wildman–Crippen LogP) is 4.58. The van der Waals surface area contributed by atoms with Gasteiger partial charge in [0.2, 0.25) is 0 Å². The standard InChI is InChI=1S/C18H13F3N6OS/c1-2-27-16(12-4-3-9-28-12)25-26-17(27)29-14-10-13(18(19,20)21)23-15(24-14)11-5-7-22-8-6-11/h3-10H,2H2,1H3. The number of alkyl halides is 3. The molecular weight excluding hydrogens is 405 g/mol. The lowest BCUT2D eigenvalue weighted by Crippen LogP contribution is -2.10. The predicted molar refractivity (Wildman–Crippen MR) is 97.8 cm³/mol. The average molecular weight is 418 g/mol. The Hall–Kier alpha value is -3.21. The zero-order chi connectivity index (χ0) is 20.4. The van der Waals surface area contributed by atoms with Crippen LogP contribution in [-0.2, 0) is 12.7 Å². The van der Waals surface area contributed by atoms with Crippen LogP contribution < -0.4 is 0 Å². The smallest absolute Gasteiger partial charge is 0.433 e. The fraction of sp³-hybridized carbons (Fsp3) is 0.167. The molecule has 0 atom stereocenters. The van der Waals surface area contributed by atoms with Gasteiger partial charge in [-0.1, -0.05) is 0 Å². The monoisotopic (exact) mass is 418 g/mol. The fourth-order valence-electron chi connectivity index (χ4n) is 2.58. The third-order valence-electron chi connectivity index (χ3n) is 3.90. The van der Waals surface area contributed by atoms with Gasteiger partial charge >= 0.3 is 6.18 Å². The summed E-state index contributed by atoms with van der Waals surface area (Å²) in [6, 6.07) is 7.45. The van der Waals surface area contributed by atoms with Gasteiger partial charge in [0.1, 0.15) is 10.7 Å². The summed E-state index contributed by atoms with van der Waals surface area (Å²) in [7, 11) is 0. The maximum absolute atomic E-state index is 13.4. The van der Waals surface area contributed by atoms with Crippen molar-refractivity contribution in [2.45, 2.75) is 29.8 Å². The van der Waals surface area contributed by atoms with Gasteiger partial charge in [0.15, 0.2) is 22.6 Å². The van der Waals surface area contributed by atoms with Gasteiger partial charge in [-0.15, -0.1) is 10.2 Å². The van der Waals surface area contributed by atoms with Crippen LogP contribution in [0.3, 0.4) is 0 Å². The van der Waals surface area contributed by atoms with E-state index in [1.165, 1.54) is 18.7 Å². The molecule has 0 unspecified atom stereocenters. The van der Waals surface area contributed by atoms with Gasteiger partial charge in [-0.3, -0.25) is 9.55 Å². The summed E-state index contributed by atoms with van der Waals surface area (Å²) in [6.45, 7) is 2.38. The minimum atomic E-state index is -4.61. The van der Waals surface area contributed by atoms with Crippen molar-refractivity contribution in [3.05, 3.63) is 54.7 Å². The lowest BCUT2D eigenvalue weighted by Gasteiger charge is -2.11. The van der Waals surface area contributed by atoms with Crippen molar-refractivity contribution in [3.63, 3.8) is 0 Å². The summed E-state index contributed by atoms with van der Waals surface area (Å²) in [6.07, 6.45) is -0.167. The van der Waals surface area contributed by atoms with E-state index in [0.29, 0.717) is 28.8 Å². The van der Waals surface area contributed by atoms with Gasteiger partial charge in [0.25, 0.3) is 0 Å². The van der Waals surface area contributed by atoms with Crippen LogP contribution in [0.2, 0.25) is 0 Å². The Morgan fingerprint density at radius 3 is 2.55 bits per heavy atom. The van der Waals surface area contributed by atoms with Crippen molar-refractivity contribution >= 4 is 11.8 Å². The molecule has 11 heteroatoms. The van der Waals surface area contributed by atoms with Crippen LogP contribution in [0, 0.1) is 0 Å². The summed E-state index contributed by atoms with van der Waals surface area (Å²) in [5, 5.41) is 8.70. The van der Waals surface area contributed by atoms with E-state index < -0.39 is 11.9 Å². The number of hydrogen-bond donors (Lipinski definition) is 0. The Balaban J connectivity index is 1.76. The molecule has 0 aromatic carbocycles. The van der Waals surface area contributed by atoms with E-state index in [-0.39, 0.29) is 10.9 Å². The maximum Gasteiger partial charge on any atom is 0.433 e. The molecule has 0 N–H and O–H groups in total. The molecule has 7 nitrogen and oxygen atoms in total. The van der Waals surface area contributed by atoms with E-state index in [4.69, 9.17) is 4.42 Å². The average Bonchev–Trinajstić information content (AvgIpc) is 3.37. The van der Waals surface area contributed by atoms with Crippen molar-refractivity contribution in [1.29, 1.82) is 0 Å². The first kappa shape index (κ1) is 19.1. The molecule has 0 saturated heterocycles. The first-order valence-electron chi connectivity index (χ1n) is 8.47. The van der Waals surface area contributed by atoms with Gasteiger partial charge < -0.3 is 4.42 Å². The van der Waals surface area contributed by atoms with Crippen molar-refractivity contribution in [2.75, 3.05) is 0 Å². The van der Waals surface area contributed by atoms with Gasteiger partial charge in [0.05, 0.1) is 6.26 Å². The van der Waals surface area contributed by atoms with Crippen LogP contribution in [0.1, 0.15) is 12.6 Å². The second kappa shape index (κ2) is 7.66. The molecule has 0 fully saturated rings. The summed E-state index contributed by atoms with van der Waals surface area (Å²) >= 11 is 0.977. The number of furan rings is 1. The van der Waals surface area contributed by atoms with Crippen molar-refractivity contribution in [1.82, 2.24) is 29.7 Å². The highest BCUT2D eigenvalue weighted by molar-refractivity contribution is 7.99. The van der Waals surface area contributed by atoms with Crippen molar-refractivity contribution in [2.24, 2.45) is 0 Å². The second-order valence-corrected chi connectivity index (χ2v) is 6.77. The Bertz CT molecular complexity index is 1110. The van der Waals surface area contributed by atoms with E-state index in [0.717, 1.165) is 17.8 Å². The summed E-state index contributed by atoms with van der Waals surface area (Å²) in [5.41, 5.74) is -0.600. The molecule has 0 spiro atoms. The van der Waals surface area contributed by atoms with Crippen LogP contribution in [0.15, 0.2) is 63.6 Å². The molecule has 4 aromatic heterocycles. The lowest BCUT2D eigenvalue weighted by molar-refractivity contribution is -0.141. The summed E-state index contributed by atoms with van der Waals surface area (Å²) in [5.74, 6) is 0.959. The second-order valence-electron chi connectivity index (χ2n) is 5.78. The van der Waals surface area contributed by atoms with Gasteiger partial charge in [-0.05, 0) is 43.0 Å². The maximum atomic E-state index is 13.4. The van der Waals surface area contributed by atoms with Crippen LogP contribution >= 0.6 is 11.8 Å². The van der Waals surface area contributed by atoms with Crippen molar-refractivity contribution < 1.29 is 17.6 Å². The molecule has 0 saturated carbocycles. The first-order valence-corrected chi connectivity index (χ1v) is 9.29. The number of hydrogen-bond acceptors (Lipinski definition) is 7. The number of aromatic nitrogens is 6. The molecule has 0 radical (unpaired) electrons. The van der Waals surface area contributed by atoms with Gasteiger partial charge in [-0.2, -0.15) is 13.2 Å². The largest absolute Gasteiger partial charge is 0.461 e. The molecule has 4 heterocycles. The molecule has 29 heavy (non-hydrogen) atoms. The third-order valence-corrected chi connectivity index (χ3v) is 4.80. The van der Waals surface area contributed by atoms with Gasteiger partial charge in [0, 0.05) is 30.6 Å². The highest BCUT2D eigenvalue weighted by atomic mass is 32.2. The first-order chi connectivity index (χ1) is 14.0. The molecule has 0 aliphatic carbocycles. The molecule has 4 aromatic rings. The Kier molecular flexibility index (Phi) is 5.05. The van der Waals surface area contributed by atoms with E-state index in [9.17, 15) is 13.2 Å². The minimum Gasteiger partial charge on any atom is -0.461 e. The molecule has 0 amide bonds. The van der Waals surface area contributed by atoms with Crippen LogP contribution in [-0.4, -0.2) is 29.7 Å². The van der Waals surface area contributed by atoms with E-state index in [1.807, 2.05) is 6.92 Å². The lowest BCUT2D eigenvalue weighted by atomic mass is 10.2. The summed E-state index contributed by atoms with van der Waals surface area (Å²) in [4.78, 5) is 11.8. The van der Waals surface area contributed by atoms with Gasteiger partial charge in [-0.25, -0.2) is 9.97 Å². The Morgan fingerprint density at radius 1 is 1.10 bits per heavy atom. The van der Waals surface area contributed by atoms with E-state index in [2.05, 4.69) is 25.1 Å². The number of nitrogens with zero attached hydrogens (tertiary/aromatic N) is 6. The molecular formula is C18H13F3N6OS. The minimum absolute atomic E-state index is 0.0430. The Labute approximate surface area is 167 Å². The van der Waals surface area contributed by atoms with E-state index in [1.54, 1.807) is 28.8 Å². The van der Waals surface area contributed by atoms with Crippen LogP contribution in [0.25, 0.3) is 23.0 Å². The SMILES string of the molecule is CCn1c(Sc2cc(C(F)(F)F)nc(-c3ccncc3)n2)nnc1-c1ccco1. The zero-order valence-corrected chi connectivity index (χ0v) is 15.8. The van der Waals surface area contributed by atoms with Crippen molar-refractivity contribution in [3.8, 4) is 23.0 Å². The number of halogens is 3. The molecule has 0 aliphatic rings. The Morgan fingerprint density at radius 2 is 1.90 bits per heavy atom. The summed E-state index contributed by atoms with van der Waals surface area (Å²) < 4.78 is 47.2. The highest BCUT2D eigenvalue weighted by Gasteiger charge is 2.34. The van der Waals surface area contributed by atoms with E-state index >= 15 is 0 Å². The molecule has 148 valence electrons. The van der Waals surface area contributed by atoms with Crippen LogP contribution in [0.5, 0.6) is 0 Å². The highest BCUT2D eigenvalue weighted by Crippen LogP contribution is 2.34. The number of rotatable bonds is 5. The topological polar surface area (TPSA) is 82.5 Å². The number of pyridine rings is 1. The third kappa shape index (κ3) is 3.99. The van der Waals surface area contributed by atoms with Crippen LogP contribution in [0.4, 0.5) is 13.2 Å². The molecule has 0 aliphatic heterocycles.